The Morgan fingerprint density at radius 2 is 1.67 bits per heavy atom. The van der Waals surface area contributed by atoms with E-state index in [1.165, 1.54) is 18.4 Å². The zero-order valence-electron chi connectivity index (χ0n) is 17.3. The normalized spacial score (nSPS) is 14.2. The topological polar surface area (TPSA) is 50.2 Å². The first-order valence-corrected chi connectivity index (χ1v) is 10.8. The molecule has 30 heavy (non-hydrogen) atoms. The summed E-state index contributed by atoms with van der Waals surface area (Å²) in [5.74, 6) is -0.187. The standard InChI is InChI=1S/C24H27ClN4O/c1-18-22(23(25)29(27-18)16-19-9-3-2-4-10-19)24(30)26-15-20-11-5-6-12-21(20)17-28-13-7-8-14-28/h2-6,9-12H,7-8,13-17H2,1H3,(H,26,30). The second-order valence-electron chi connectivity index (χ2n) is 7.83. The molecular formula is C24H27ClN4O. The van der Waals surface area contributed by atoms with Crippen molar-refractivity contribution in [1.82, 2.24) is 20.0 Å². The molecule has 3 aromatic rings. The first kappa shape index (κ1) is 20.6. The second kappa shape index (κ2) is 9.45. The highest BCUT2D eigenvalue weighted by atomic mass is 35.5. The molecule has 0 radical (unpaired) electrons. The van der Waals surface area contributed by atoms with Crippen molar-refractivity contribution in [1.29, 1.82) is 0 Å². The summed E-state index contributed by atoms with van der Waals surface area (Å²) in [4.78, 5) is 15.4. The van der Waals surface area contributed by atoms with Crippen LogP contribution in [0.5, 0.6) is 0 Å². The number of aryl methyl sites for hydroxylation is 1. The van der Waals surface area contributed by atoms with Crippen molar-refractivity contribution >= 4 is 17.5 Å². The summed E-state index contributed by atoms with van der Waals surface area (Å²) in [7, 11) is 0. The number of hydrogen-bond acceptors (Lipinski definition) is 3. The Hall–Kier alpha value is -2.63. The Kier molecular flexibility index (Phi) is 6.50. The summed E-state index contributed by atoms with van der Waals surface area (Å²) in [6.07, 6.45) is 2.54. The predicted molar refractivity (Wildman–Crippen MR) is 120 cm³/mol. The minimum atomic E-state index is -0.187. The fourth-order valence-corrected chi connectivity index (χ4v) is 4.32. The summed E-state index contributed by atoms with van der Waals surface area (Å²) in [5.41, 5.74) is 4.58. The van der Waals surface area contributed by atoms with Crippen LogP contribution in [0.2, 0.25) is 5.15 Å². The molecule has 4 rings (SSSR count). The van der Waals surface area contributed by atoms with Crippen LogP contribution in [0.15, 0.2) is 54.6 Å². The molecule has 1 fully saturated rings. The molecule has 156 valence electrons. The van der Waals surface area contributed by atoms with Crippen LogP contribution in [0.3, 0.4) is 0 Å². The van der Waals surface area contributed by atoms with Crippen LogP contribution >= 0.6 is 11.6 Å². The lowest BCUT2D eigenvalue weighted by Crippen LogP contribution is -2.25. The van der Waals surface area contributed by atoms with Gasteiger partial charge in [-0.05, 0) is 49.5 Å². The molecule has 2 aromatic carbocycles. The summed E-state index contributed by atoms with van der Waals surface area (Å²) < 4.78 is 1.68. The number of aromatic nitrogens is 2. The quantitative estimate of drug-likeness (QED) is 0.613. The maximum Gasteiger partial charge on any atom is 0.256 e. The van der Waals surface area contributed by atoms with Gasteiger partial charge >= 0.3 is 0 Å². The van der Waals surface area contributed by atoms with Crippen molar-refractivity contribution < 1.29 is 4.79 Å². The number of halogens is 1. The maximum absolute atomic E-state index is 12.9. The smallest absolute Gasteiger partial charge is 0.256 e. The third kappa shape index (κ3) is 4.74. The molecule has 1 amide bonds. The molecule has 5 nitrogen and oxygen atoms in total. The van der Waals surface area contributed by atoms with Gasteiger partial charge in [-0.3, -0.25) is 9.69 Å². The SMILES string of the molecule is Cc1nn(Cc2ccccc2)c(Cl)c1C(=O)NCc1ccccc1CN1CCCC1. The molecule has 6 heteroatoms. The van der Waals surface area contributed by atoms with Crippen LogP contribution in [0.4, 0.5) is 0 Å². The number of carbonyl (C=O) groups excluding carboxylic acids is 1. The van der Waals surface area contributed by atoms with Crippen LogP contribution in [0.1, 0.15) is 45.6 Å². The molecular weight excluding hydrogens is 396 g/mol. The number of carbonyl (C=O) groups is 1. The van der Waals surface area contributed by atoms with Gasteiger partial charge in [0.1, 0.15) is 5.15 Å². The maximum atomic E-state index is 12.9. The van der Waals surface area contributed by atoms with E-state index in [4.69, 9.17) is 11.6 Å². The van der Waals surface area contributed by atoms with Crippen molar-refractivity contribution in [2.75, 3.05) is 13.1 Å². The van der Waals surface area contributed by atoms with E-state index >= 15 is 0 Å². The highest BCUT2D eigenvalue weighted by Gasteiger charge is 2.21. The summed E-state index contributed by atoms with van der Waals surface area (Å²) in [6.45, 7) is 6.06. The highest BCUT2D eigenvalue weighted by Crippen LogP contribution is 2.22. The average molecular weight is 423 g/mol. The largest absolute Gasteiger partial charge is 0.348 e. The summed E-state index contributed by atoms with van der Waals surface area (Å²) in [6, 6.07) is 18.3. The molecule has 0 bridgehead atoms. The van der Waals surface area contributed by atoms with Gasteiger partial charge in [0.2, 0.25) is 0 Å². The monoisotopic (exact) mass is 422 g/mol. The number of likely N-dealkylation sites (tertiary alicyclic amines) is 1. The molecule has 0 spiro atoms. The number of hydrogen-bond donors (Lipinski definition) is 1. The van der Waals surface area contributed by atoms with Crippen molar-refractivity contribution in [2.24, 2.45) is 0 Å². The minimum Gasteiger partial charge on any atom is -0.348 e. The van der Waals surface area contributed by atoms with Gasteiger partial charge in [0.25, 0.3) is 5.91 Å². The first-order chi connectivity index (χ1) is 14.6. The molecule has 0 atom stereocenters. The van der Waals surface area contributed by atoms with E-state index in [0.29, 0.717) is 29.5 Å². The van der Waals surface area contributed by atoms with E-state index in [-0.39, 0.29) is 5.91 Å². The van der Waals surface area contributed by atoms with E-state index in [1.54, 1.807) is 4.68 Å². The summed E-state index contributed by atoms with van der Waals surface area (Å²) >= 11 is 6.53. The zero-order valence-corrected chi connectivity index (χ0v) is 18.0. The lowest BCUT2D eigenvalue weighted by Gasteiger charge is -2.17. The minimum absolute atomic E-state index is 0.187. The van der Waals surface area contributed by atoms with Gasteiger partial charge in [-0.15, -0.1) is 0 Å². The second-order valence-corrected chi connectivity index (χ2v) is 8.19. The molecule has 0 unspecified atom stereocenters. The number of rotatable bonds is 7. The highest BCUT2D eigenvalue weighted by molar-refractivity contribution is 6.33. The van der Waals surface area contributed by atoms with Crippen LogP contribution < -0.4 is 5.32 Å². The third-order valence-corrected chi connectivity index (χ3v) is 6.00. The lowest BCUT2D eigenvalue weighted by atomic mass is 10.1. The fraction of sp³-hybridized carbons (Fsp3) is 0.333. The van der Waals surface area contributed by atoms with Crippen molar-refractivity contribution in [3.05, 3.63) is 87.7 Å². The molecule has 2 heterocycles. The number of benzene rings is 2. The number of nitrogens with zero attached hydrogens (tertiary/aromatic N) is 3. The zero-order chi connectivity index (χ0) is 20.9. The number of amides is 1. The third-order valence-electron chi connectivity index (χ3n) is 5.62. The van der Waals surface area contributed by atoms with Gasteiger partial charge in [-0.2, -0.15) is 5.10 Å². The molecule has 1 N–H and O–H groups in total. The van der Waals surface area contributed by atoms with E-state index in [1.807, 2.05) is 43.3 Å². The van der Waals surface area contributed by atoms with Crippen molar-refractivity contribution in [3.8, 4) is 0 Å². The Morgan fingerprint density at radius 1 is 1.00 bits per heavy atom. The Morgan fingerprint density at radius 3 is 2.40 bits per heavy atom. The van der Waals surface area contributed by atoms with Crippen LogP contribution in [0, 0.1) is 6.92 Å². The van der Waals surface area contributed by atoms with Gasteiger partial charge in [0, 0.05) is 13.1 Å². The Balaban J connectivity index is 1.45. The van der Waals surface area contributed by atoms with Gasteiger partial charge in [0.05, 0.1) is 17.8 Å². The van der Waals surface area contributed by atoms with Gasteiger partial charge in [-0.25, -0.2) is 4.68 Å². The lowest BCUT2D eigenvalue weighted by molar-refractivity contribution is 0.0950. The van der Waals surface area contributed by atoms with E-state index in [0.717, 1.165) is 30.8 Å². The van der Waals surface area contributed by atoms with Gasteiger partial charge < -0.3 is 5.32 Å². The van der Waals surface area contributed by atoms with Crippen molar-refractivity contribution in [3.63, 3.8) is 0 Å². The van der Waals surface area contributed by atoms with E-state index in [9.17, 15) is 4.79 Å². The van der Waals surface area contributed by atoms with Crippen LogP contribution in [0.25, 0.3) is 0 Å². The predicted octanol–water partition coefficient (Wildman–Crippen LogP) is 4.42. The van der Waals surface area contributed by atoms with E-state index < -0.39 is 0 Å². The van der Waals surface area contributed by atoms with Gasteiger partial charge in [0.15, 0.2) is 0 Å². The van der Waals surface area contributed by atoms with Crippen molar-refractivity contribution in [2.45, 2.75) is 39.4 Å². The molecule has 1 saturated heterocycles. The Bertz CT molecular complexity index is 1010. The van der Waals surface area contributed by atoms with E-state index in [2.05, 4.69) is 33.5 Å². The average Bonchev–Trinajstić information content (AvgIpc) is 3.36. The number of nitrogens with one attached hydrogen (secondary N) is 1. The van der Waals surface area contributed by atoms with Gasteiger partial charge in [-0.1, -0.05) is 66.2 Å². The molecule has 0 aliphatic carbocycles. The molecule has 0 saturated carbocycles. The van der Waals surface area contributed by atoms with Crippen LogP contribution in [-0.2, 0) is 19.6 Å². The molecule has 1 aromatic heterocycles. The Labute approximate surface area is 182 Å². The molecule has 1 aliphatic rings. The summed E-state index contributed by atoms with van der Waals surface area (Å²) in [5, 5.41) is 7.90. The fourth-order valence-electron chi connectivity index (χ4n) is 4.00. The van der Waals surface area contributed by atoms with Crippen LogP contribution in [-0.4, -0.2) is 33.7 Å². The molecule has 1 aliphatic heterocycles. The first-order valence-electron chi connectivity index (χ1n) is 10.5.